The molecule has 0 spiro atoms. The van der Waals surface area contributed by atoms with E-state index in [4.69, 9.17) is 14.2 Å². The molecule has 0 unspecified atom stereocenters. The summed E-state index contributed by atoms with van der Waals surface area (Å²) in [5.41, 5.74) is 2.58. The minimum atomic E-state index is -2.25. The summed E-state index contributed by atoms with van der Waals surface area (Å²) in [4.78, 5) is 0. The average molecular weight is 607 g/mol. The van der Waals surface area contributed by atoms with Crippen molar-refractivity contribution in [3.63, 3.8) is 0 Å². The highest BCUT2D eigenvalue weighted by Gasteiger charge is 2.32. The summed E-state index contributed by atoms with van der Waals surface area (Å²) < 4.78 is 36.4. The van der Waals surface area contributed by atoms with Crippen LogP contribution in [0.1, 0.15) is 0 Å². The van der Waals surface area contributed by atoms with Gasteiger partial charge in [-0.25, -0.2) is 14.2 Å². The second-order valence-electron chi connectivity index (χ2n) is 11.2. The summed E-state index contributed by atoms with van der Waals surface area (Å²) in [7, 11) is 31.1. The highest BCUT2D eigenvalue weighted by Crippen LogP contribution is 2.62. The molecule has 12 nitrogen and oxygen atoms in total. The molecule has 0 amide bonds. The fraction of sp³-hybridized carbons (Fsp3) is 0.750. The van der Waals surface area contributed by atoms with E-state index in [-0.39, 0.29) is 0 Å². The van der Waals surface area contributed by atoms with Gasteiger partial charge in [-0.2, -0.15) is 0 Å². The minimum Gasteiger partial charge on any atom is -0.252 e. The normalized spacial score (nSPS) is 13.9. The quantitative estimate of drug-likeness (QED) is 0.288. The van der Waals surface area contributed by atoms with E-state index in [0.29, 0.717) is 0 Å². The van der Waals surface area contributed by atoms with Gasteiger partial charge in [0.1, 0.15) is 0 Å². The van der Waals surface area contributed by atoms with Gasteiger partial charge in [0.15, 0.2) is 22.5 Å². The Kier molecular flexibility index (Phi) is 13.3. The molecule has 15 heteroatoms. The van der Waals surface area contributed by atoms with Crippen LogP contribution in [0.25, 0.3) is 0 Å². The molecule has 0 radical (unpaired) electrons. The Morgan fingerprint density at radius 2 is 0.615 bits per heavy atom. The Bertz CT molecular complexity index is 1040. The van der Waals surface area contributed by atoms with Crippen molar-refractivity contribution in [2.45, 2.75) is 0 Å². The van der Waals surface area contributed by atoms with Gasteiger partial charge in [0.05, 0.1) is 17.1 Å². The van der Waals surface area contributed by atoms with Gasteiger partial charge in [0.2, 0.25) is 0 Å². The maximum Gasteiger partial charge on any atom is 0.171 e. The summed E-state index contributed by atoms with van der Waals surface area (Å²) in [6, 6.07) is 6.29. The molecule has 0 aliphatic carbocycles. The number of rotatable bonds is 12. The SMILES string of the molecule is CN(C)P(=Nc1ccc(N=P(N(C)C)(N(C)C)N(C)C)c(N=P(N(C)C)(N(C)C)N(C)C)c1)(N(C)C)N(C)C. The van der Waals surface area contributed by atoms with E-state index in [1.165, 1.54) is 0 Å². The summed E-state index contributed by atoms with van der Waals surface area (Å²) in [5, 5.41) is 0. The van der Waals surface area contributed by atoms with Gasteiger partial charge in [-0.15, -0.1) is 0 Å². The van der Waals surface area contributed by atoms with Crippen molar-refractivity contribution in [2.75, 3.05) is 127 Å². The molecular weight excluding hydrogens is 549 g/mol. The molecule has 228 valence electrons. The largest absolute Gasteiger partial charge is 0.252 e. The highest BCUT2D eigenvalue weighted by atomic mass is 31.2. The maximum atomic E-state index is 5.54. The zero-order valence-corrected chi connectivity index (χ0v) is 30.6. The first kappa shape index (κ1) is 36.6. The van der Waals surface area contributed by atoms with Crippen LogP contribution in [0.15, 0.2) is 32.4 Å². The monoisotopic (exact) mass is 606 g/mol. The zero-order chi connectivity index (χ0) is 30.7. The molecule has 1 aromatic carbocycles. The van der Waals surface area contributed by atoms with Crippen LogP contribution in [0, 0.1) is 0 Å². The third-order valence-electron chi connectivity index (χ3n) is 6.52. The first-order chi connectivity index (χ1) is 17.7. The van der Waals surface area contributed by atoms with Crippen LogP contribution in [0.4, 0.5) is 17.1 Å². The summed E-state index contributed by atoms with van der Waals surface area (Å²) >= 11 is 0. The predicted octanol–water partition coefficient (Wildman–Crippen LogP) is 5.47. The molecule has 0 atom stereocenters. The highest BCUT2D eigenvalue weighted by molar-refractivity contribution is 7.60. The standard InChI is InChI=1S/C24H57N12P3/c1-28(2)37(29(3)4,30(5)6)25-22-19-20-23(26-38(31(7)8,32(9)10)33(11)12)24(21-22)27-39(34(13)14,35(15)16)36(17)18/h19-21H,1-18H3. The van der Waals surface area contributed by atoms with Crippen molar-refractivity contribution in [1.29, 1.82) is 0 Å². The van der Waals surface area contributed by atoms with Crippen LogP contribution in [0.3, 0.4) is 0 Å². The van der Waals surface area contributed by atoms with Crippen molar-refractivity contribution in [2.24, 2.45) is 14.2 Å². The van der Waals surface area contributed by atoms with Gasteiger partial charge >= 0.3 is 0 Å². The Morgan fingerprint density at radius 3 is 0.897 bits per heavy atom. The Hall–Kier alpha value is -0.450. The molecule has 0 saturated heterocycles. The van der Waals surface area contributed by atoms with E-state index < -0.39 is 22.5 Å². The molecule has 1 rings (SSSR count). The smallest absolute Gasteiger partial charge is 0.171 e. The van der Waals surface area contributed by atoms with Crippen molar-refractivity contribution in [3.05, 3.63) is 18.2 Å². The molecule has 0 fully saturated rings. The van der Waals surface area contributed by atoms with E-state index >= 15 is 0 Å². The molecule has 0 N–H and O–H groups in total. The van der Waals surface area contributed by atoms with Crippen molar-refractivity contribution < 1.29 is 0 Å². The molecule has 0 saturated carbocycles. The van der Waals surface area contributed by atoms with E-state index in [2.05, 4.69) is 187 Å². The third-order valence-corrected chi connectivity index (χ3v) is 17.6. The van der Waals surface area contributed by atoms with Crippen molar-refractivity contribution in [1.82, 2.24) is 42.0 Å². The van der Waals surface area contributed by atoms with Crippen LogP contribution in [-0.2, 0) is 0 Å². The second kappa shape index (κ2) is 14.1. The molecule has 0 heterocycles. The number of benzene rings is 1. The minimum absolute atomic E-state index is 0.838. The molecular formula is C24H57N12P3. The maximum absolute atomic E-state index is 5.54. The lowest BCUT2D eigenvalue weighted by atomic mass is 10.2. The lowest BCUT2D eigenvalue weighted by Crippen LogP contribution is -2.30. The van der Waals surface area contributed by atoms with E-state index in [1.54, 1.807) is 0 Å². The summed E-state index contributed by atoms with van der Waals surface area (Å²) in [6.45, 7) is 0. The van der Waals surface area contributed by atoms with Crippen LogP contribution in [0.2, 0.25) is 0 Å². The van der Waals surface area contributed by atoms with Crippen LogP contribution >= 0.6 is 22.5 Å². The summed E-state index contributed by atoms with van der Waals surface area (Å²) in [6.07, 6.45) is 0. The average Bonchev–Trinajstić information content (AvgIpc) is 2.77. The Morgan fingerprint density at radius 1 is 0.359 bits per heavy atom. The van der Waals surface area contributed by atoms with Crippen molar-refractivity contribution >= 4 is 39.6 Å². The zero-order valence-electron chi connectivity index (χ0n) is 27.9. The van der Waals surface area contributed by atoms with Gasteiger partial charge < -0.3 is 0 Å². The second-order valence-corrected chi connectivity index (χ2v) is 22.2. The van der Waals surface area contributed by atoms with Crippen LogP contribution in [-0.4, -0.2) is 169 Å². The van der Waals surface area contributed by atoms with E-state index in [0.717, 1.165) is 17.1 Å². The van der Waals surface area contributed by atoms with Gasteiger partial charge in [-0.3, -0.25) is 42.0 Å². The molecule has 0 aliphatic rings. The topological polar surface area (TPSA) is 66.2 Å². The third kappa shape index (κ3) is 7.14. The van der Waals surface area contributed by atoms with Gasteiger partial charge in [0, 0.05) is 0 Å². The Balaban J connectivity index is 4.45. The number of hydrogen-bond acceptors (Lipinski definition) is 3. The van der Waals surface area contributed by atoms with Gasteiger partial charge in [0.25, 0.3) is 0 Å². The lowest BCUT2D eigenvalue weighted by Gasteiger charge is -2.42. The molecule has 39 heavy (non-hydrogen) atoms. The summed E-state index contributed by atoms with van der Waals surface area (Å²) in [5.74, 6) is 0. The van der Waals surface area contributed by atoms with Crippen LogP contribution < -0.4 is 0 Å². The fourth-order valence-corrected chi connectivity index (χ4v) is 14.6. The molecule has 1 aromatic rings. The first-order valence-electron chi connectivity index (χ1n) is 12.9. The molecule has 0 bridgehead atoms. The number of hydrogen-bond donors (Lipinski definition) is 0. The van der Waals surface area contributed by atoms with Crippen molar-refractivity contribution in [3.8, 4) is 0 Å². The molecule has 0 aliphatic heterocycles. The fourth-order valence-electron chi connectivity index (χ4n) is 5.21. The Labute approximate surface area is 240 Å². The lowest BCUT2D eigenvalue weighted by molar-refractivity contribution is 0.473. The van der Waals surface area contributed by atoms with Gasteiger partial charge in [-0.05, 0) is 145 Å². The van der Waals surface area contributed by atoms with Crippen LogP contribution in [0.5, 0.6) is 0 Å². The number of nitrogens with zero attached hydrogens (tertiary/aromatic N) is 12. The van der Waals surface area contributed by atoms with E-state index in [9.17, 15) is 0 Å². The van der Waals surface area contributed by atoms with E-state index in [1.807, 2.05) is 0 Å². The van der Waals surface area contributed by atoms with Gasteiger partial charge in [-0.1, -0.05) is 0 Å². The first-order valence-corrected chi connectivity index (χ1v) is 17.7. The molecule has 0 aromatic heterocycles. The predicted molar refractivity (Wildman–Crippen MR) is 177 cm³/mol.